The highest BCUT2D eigenvalue weighted by atomic mass is 14.9. The normalized spacial score (nSPS) is 19.3. The molecular formula is C12H21N3. The van der Waals surface area contributed by atoms with Crippen LogP contribution in [0.15, 0.2) is 0 Å². The molecule has 1 fully saturated rings. The lowest BCUT2D eigenvalue weighted by molar-refractivity contribution is 0.405. The van der Waals surface area contributed by atoms with Crippen LogP contribution >= 0.6 is 0 Å². The molecule has 0 aromatic rings. The zero-order chi connectivity index (χ0) is 11.4. The molecule has 1 aliphatic heterocycles. The van der Waals surface area contributed by atoms with E-state index in [4.69, 9.17) is 10.5 Å². The van der Waals surface area contributed by atoms with E-state index in [1.165, 1.54) is 25.9 Å². The molecule has 1 N–H and O–H groups in total. The fourth-order valence-electron chi connectivity index (χ4n) is 1.43. The van der Waals surface area contributed by atoms with Crippen LogP contribution < -0.4 is 5.32 Å². The van der Waals surface area contributed by atoms with E-state index in [0.717, 1.165) is 18.8 Å². The zero-order valence-electron chi connectivity index (χ0n) is 9.63. The molecule has 0 aromatic heterocycles. The van der Waals surface area contributed by atoms with E-state index in [1.54, 1.807) is 0 Å². The van der Waals surface area contributed by atoms with E-state index >= 15 is 0 Å². The minimum Gasteiger partial charge on any atom is -0.316 e. The van der Waals surface area contributed by atoms with Gasteiger partial charge in [0.05, 0.1) is 12.1 Å². The number of rotatable bonds is 3. The van der Waals surface area contributed by atoms with Crippen LogP contribution in [0, 0.1) is 28.6 Å². The van der Waals surface area contributed by atoms with E-state index in [9.17, 15) is 0 Å². The van der Waals surface area contributed by atoms with Gasteiger partial charge < -0.3 is 5.32 Å². The second-order valence-electron chi connectivity index (χ2n) is 3.97. The summed E-state index contributed by atoms with van der Waals surface area (Å²) in [5, 5.41) is 19.4. The molecule has 1 rings (SSSR count). The standard InChI is InChI=1S/C6H8N2.C6H13N/c7-5-3-1-2-4-6-8;1-6-3-2-4-7-5-6/h1-4H2;6-7H,2-5H2,1H3. The van der Waals surface area contributed by atoms with Crippen molar-refractivity contribution in [2.75, 3.05) is 13.1 Å². The van der Waals surface area contributed by atoms with Gasteiger partial charge in [-0.3, -0.25) is 0 Å². The summed E-state index contributed by atoms with van der Waals surface area (Å²) < 4.78 is 0. The predicted octanol–water partition coefficient (Wildman–Crippen LogP) is 2.60. The van der Waals surface area contributed by atoms with Crippen molar-refractivity contribution in [3.63, 3.8) is 0 Å². The van der Waals surface area contributed by atoms with E-state index in [0.29, 0.717) is 12.8 Å². The van der Waals surface area contributed by atoms with Crippen LogP contribution in [0.1, 0.15) is 45.4 Å². The summed E-state index contributed by atoms with van der Waals surface area (Å²) in [5.41, 5.74) is 0. The highest BCUT2D eigenvalue weighted by Gasteiger charge is 2.04. The third kappa shape index (κ3) is 10.9. The van der Waals surface area contributed by atoms with Gasteiger partial charge in [0.1, 0.15) is 0 Å². The van der Waals surface area contributed by atoms with Crippen molar-refractivity contribution < 1.29 is 0 Å². The number of nitriles is 2. The van der Waals surface area contributed by atoms with Crippen LogP contribution in [0.2, 0.25) is 0 Å². The van der Waals surface area contributed by atoms with E-state index in [1.807, 2.05) is 12.1 Å². The highest BCUT2D eigenvalue weighted by molar-refractivity contribution is 4.72. The predicted molar refractivity (Wildman–Crippen MR) is 61.0 cm³/mol. The third-order valence-electron chi connectivity index (χ3n) is 2.37. The first kappa shape index (κ1) is 13.9. The Morgan fingerprint density at radius 2 is 1.80 bits per heavy atom. The Kier molecular flexibility index (Phi) is 10.2. The minimum absolute atomic E-state index is 0.585. The van der Waals surface area contributed by atoms with Crippen LogP contribution in [0.3, 0.4) is 0 Å². The van der Waals surface area contributed by atoms with Crippen molar-refractivity contribution in [1.29, 1.82) is 10.5 Å². The Morgan fingerprint density at radius 1 is 1.20 bits per heavy atom. The van der Waals surface area contributed by atoms with Gasteiger partial charge in [0, 0.05) is 12.8 Å². The minimum atomic E-state index is 0.585. The Hall–Kier alpha value is -1.06. The lowest BCUT2D eigenvalue weighted by Crippen LogP contribution is -2.27. The number of nitrogens with one attached hydrogen (secondary N) is 1. The lowest BCUT2D eigenvalue weighted by atomic mass is 10.0. The molecular weight excluding hydrogens is 186 g/mol. The smallest absolute Gasteiger partial charge is 0.0621 e. The first-order valence-corrected chi connectivity index (χ1v) is 5.76. The van der Waals surface area contributed by atoms with E-state index in [-0.39, 0.29) is 0 Å². The Bertz CT molecular complexity index is 190. The Balaban J connectivity index is 0.000000262. The first-order chi connectivity index (χ1) is 7.31. The molecule has 1 aliphatic rings. The molecule has 3 nitrogen and oxygen atoms in total. The van der Waals surface area contributed by atoms with Gasteiger partial charge in [0.25, 0.3) is 0 Å². The van der Waals surface area contributed by atoms with Crippen molar-refractivity contribution in [1.82, 2.24) is 5.32 Å². The molecule has 84 valence electrons. The number of hydrogen-bond acceptors (Lipinski definition) is 3. The fourth-order valence-corrected chi connectivity index (χ4v) is 1.43. The second-order valence-corrected chi connectivity index (χ2v) is 3.97. The van der Waals surface area contributed by atoms with Crippen LogP contribution in [-0.2, 0) is 0 Å². The number of piperidine rings is 1. The van der Waals surface area contributed by atoms with Crippen molar-refractivity contribution in [3.8, 4) is 12.1 Å². The lowest BCUT2D eigenvalue weighted by Gasteiger charge is -2.17. The molecule has 0 aromatic carbocycles. The third-order valence-corrected chi connectivity index (χ3v) is 2.37. The first-order valence-electron chi connectivity index (χ1n) is 5.76. The quantitative estimate of drug-likeness (QED) is 0.724. The van der Waals surface area contributed by atoms with Crippen LogP contribution in [0.25, 0.3) is 0 Å². The molecule has 0 saturated carbocycles. The molecule has 0 radical (unpaired) electrons. The van der Waals surface area contributed by atoms with Gasteiger partial charge in [-0.15, -0.1) is 0 Å². The van der Waals surface area contributed by atoms with Gasteiger partial charge in [-0.2, -0.15) is 10.5 Å². The molecule has 0 bridgehead atoms. The molecule has 15 heavy (non-hydrogen) atoms. The maximum Gasteiger partial charge on any atom is 0.0621 e. The van der Waals surface area contributed by atoms with Gasteiger partial charge in [-0.1, -0.05) is 6.92 Å². The van der Waals surface area contributed by atoms with Gasteiger partial charge >= 0.3 is 0 Å². The number of unbranched alkanes of at least 4 members (excludes halogenated alkanes) is 3. The van der Waals surface area contributed by atoms with Gasteiger partial charge in [0.2, 0.25) is 0 Å². The average molecular weight is 207 g/mol. The van der Waals surface area contributed by atoms with Gasteiger partial charge in [0.15, 0.2) is 0 Å². The SMILES string of the molecule is CC1CCCNC1.N#CCCCCC#N. The molecule has 1 saturated heterocycles. The van der Waals surface area contributed by atoms with E-state index in [2.05, 4.69) is 12.2 Å². The topological polar surface area (TPSA) is 59.6 Å². The van der Waals surface area contributed by atoms with Gasteiger partial charge in [-0.25, -0.2) is 0 Å². The largest absolute Gasteiger partial charge is 0.316 e. The summed E-state index contributed by atoms with van der Waals surface area (Å²) in [7, 11) is 0. The summed E-state index contributed by atoms with van der Waals surface area (Å²) in [6, 6.07) is 4.03. The second kappa shape index (κ2) is 11.0. The van der Waals surface area contributed by atoms with Crippen molar-refractivity contribution >= 4 is 0 Å². The fraction of sp³-hybridized carbons (Fsp3) is 0.833. The Morgan fingerprint density at radius 3 is 2.07 bits per heavy atom. The number of hydrogen-bond donors (Lipinski definition) is 1. The molecule has 1 heterocycles. The zero-order valence-corrected chi connectivity index (χ0v) is 9.63. The molecule has 1 unspecified atom stereocenters. The molecule has 3 heteroatoms. The average Bonchev–Trinajstić information content (AvgIpc) is 2.27. The van der Waals surface area contributed by atoms with Crippen LogP contribution in [0.4, 0.5) is 0 Å². The van der Waals surface area contributed by atoms with Crippen molar-refractivity contribution in [2.24, 2.45) is 5.92 Å². The van der Waals surface area contributed by atoms with Crippen molar-refractivity contribution in [2.45, 2.75) is 45.4 Å². The molecule has 0 amide bonds. The van der Waals surface area contributed by atoms with E-state index < -0.39 is 0 Å². The summed E-state index contributed by atoms with van der Waals surface area (Å²) >= 11 is 0. The maximum absolute atomic E-state index is 8.03. The summed E-state index contributed by atoms with van der Waals surface area (Å²) in [4.78, 5) is 0. The highest BCUT2D eigenvalue weighted by Crippen LogP contribution is 2.06. The maximum atomic E-state index is 8.03. The Labute approximate surface area is 93.1 Å². The molecule has 0 spiro atoms. The molecule has 0 aliphatic carbocycles. The van der Waals surface area contributed by atoms with Crippen LogP contribution in [0.5, 0.6) is 0 Å². The summed E-state index contributed by atoms with van der Waals surface area (Å²) in [6.07, 6.45) is 5.70. The van der Waals surface area contributed by atoms with Crippen LogP contribution in [-0.4, -0.2) is 13.1 Å². The van der Waals surface area contributed by atoms with Crippen molar-refractivity contribution in [3.05, 3.63) is 0 Å². The molecule has 1 atom stereocenters. The summed E-state index contributed by atoms with van der Waals surface area (Å²) in [5.74, 6) is 0.925. The monoisotopic (exact) mass is 207 g/mol. The number of nitrogens with zero attached hydrogens (tertiary/aromatic N) is 2. The van der Waals surface area contributed by atoms with Gasteiger partial charge in [-0.05, 0) is 44.7 Å². The summed E-state index contributed by atoms with van der Waals surface area (Å²) in [6.45, 7) is 4.77.